The van der Waals surface area contributed by atoms with E-state index in [1.165, 1.54) is 18.4 Å². The van der Waals surface area contributed by atoms with Crippen LogP contribution >= 0.6 is 11.3 Å². The van der Waals surface area contributed by atoms with Crippen molar-refractivity contribution in [3.05, 3.63) is 11.1 Å². The zero-order valence-corrected chi connectivity index (χ0v) is 11.2. The topological polar surface area (TPSA) is 85.4 Å². The molecule has 0 aliphatic carbocycles. The molecule has 0 amide bonds. The third-order valence-corrected chi connectivity index (χ3v) is 3.37. The molecule has 8 heteroatoms. The summed E-state index contributed by atoms with van der Waals surface area (Å²) in [6, 6.07) is 0. The van der Waals surface area contributed by atoms with Crippen LogP contribution in [0.4, 0.5) is 5.13 Å². The van der Waals surface area contributed by atoms with Gasteiger partial charge < -0.3 is 4.74 Å². The zero-order chi connectivity index (χ0) is 12.9. The van der Waals surface area contributed by atoms with Crippen molar-refractivity contribution in [2.24, 2.45) is 0 Å². The van der Waals surface area contributed by atoms with Gasteiger partial charge in [0.25, 0.3) is 0 Å². The number of nitrogens with one attached hydrogen (secondary N) is 1. The van der Waals surface area contributed by atoms with Crippen LogP contribution in [0.1, 0.15) is 18.5 Å². The van der Waals surface area contributed by atoms with E-state index in [1.807, 2.05) is 0 Å². The first-order valence-corrected chi connectivity index (χ1v) is 7.67. The Labute approximate surface area is 104 Å². The van der Waals surface area contributed by atoms with Crippen LogP contribution in [0, 0.1) is 0 Å². The van der Waals surface area contributed by atoms with Crippen molar-refractivity contribution in [1.82, 2.24) is 4.98 Å². The van der Waals surface area contributed by atoms with Crippen LogP contribution in [0.15, 0.2) is 5.38 Å². The van der Waals surface area contributed by atoms with Gasteiger partial charge in [0.1, 0.15) is 0 Å². The number of sulfonamides is 1. The monoisotopic (exact) mass is 278 g/mol. The Morgan fingerprint density at radius 2 is 2.29 bits per heavy atom. The Bertz CT molecular complexity index is 481. The summed E-state index contributed by atoms with van der Waals surface area (Å²) in [5.41, 5.74) is 0.769. The SMILES string of the molecule is COC(=O)CCCc1csc(NS(C)(=O)=O)n1. The molecule has 0 fully saturated rings. The second kappa shape index (κ2) is 5.97. The van der Waals surface area contributed by atoms with Crippen molar-refractivity contribution in [2.45, 2.75) is 19.3 Å². The molecule has 0 unspecified atom stereocenters. The van der Waals surface area contributed by atoms with E-state index in [0.29, 0.717) is 24.4 Å². The molecule has 1 rings (SSSR count). The number of thiazole rings is 1. The van der Waals surface area contributed by atoms with Gasteiger partial charge in [-0.1, -0.05) is 0 Å². The van der Waals surface area contributed by atoms with E-state index in [1.54, 1.807) is 5.38 Å². The highest BCUT2D eigenvalue weighted by atomic mass is 32.2. The molecule has 0 bridgehead atoms. The molecule has 0 aliphatic heterocycles. The van der Waals surface area contributed by atoms with Crippen LogP contribution in [-0.4, -0.2) is 32.7 Å². The predicted octanol–water partition coefficient (Wildman–Crippen LogP) is 1.01. The first-order chi connectivity index (χ1) is 7.90. The number of methoxy groups -OCH3 is 1. The fraction of sp³-hybridized carbons (Fsp3) is 0.556. The van der Waals surface area contributed by atoms with Crippen LogP contribution in [0.3, 0.4) is 0 Å². The summed E-state index contributed by atoms with van der Waals surface area (Å²) in [4.78, 5) is 15.0. The van der Waals surface area contributed by atoms with Crippen molar-refractivity contribution in [3.8, 4) is 0 Å². The number of esters is 1. The Morgan fingerprint density at radius 1 is 1.59 bits per heavy atom. The molecule has 1 aromatic rings. The van der Waals surface area contributed by atoms with Gasteiger partial charge >= 0.3 is 5.97 Å². The molecular weight excluding hydrogens is 264 g/mol. The van der Waals surface area contributed by atoms with E-state index in [4.69, 9.17) is 0 Å². The lowest BCUT2D eigenvalue weighted by Gasteiger charge is -1.98. The molecule has 0 radical (unpaired) electrons. The lowest BCUT2D eigenvalue weighted by atomic mass is 10.2. The van der Waals surface area contributed by atoms with Gasteiger partial charge in [0.05, 0.1) is 19.1 Å². The van der Waals surface area contributed by atoms with Gasteiger partial charge in [0, 0.05) is 11.8 Å². The highest BCUT2D eigenvalue weighted by Gasteiger charge is 2.07. The molecule has 0 saturated heterocycles. The normalized spacial score (nSPS) is 11.2. The summed E-state index contributed by atoms with van der Waals surface area (Å²) >= 11 is 1.22. The van der Waals surface area contributed by atoms with Crippen LogP contribution in [0.25, 0.3) is 0 Å². The lowest BCUT2D eigenvalue weighted by molar-refractivity contribution is -0.140. The molecule has 96 valence electrons. The smallest absolute Gasteiger partial charge is 0.305 e. The van der Waals surface area contributed by atoms with Gasteiger partial charge in [-0.05, 0) is 12.8 Å². The summed E-state index contributed by atoms with van der Waals surface area (Å²) in [7, 11) is -1.93. The summed E-state index contributed by atoms with van der Waals surface area (Å²) in [6.45, 7) is 0. The van der Waals surface area contributed by atoms with Crippen LogP contribution in [0.5, 0.6) is 0 Å². The molecule has 1 heterocycles. The fourth-order valence-corrected chi connectivity index (χ4v) is 2.74. The molecule has 6 nitrogen and oxygen atoms in total. The molecule has 0 saturated carbocycles. The Morgan fingerprint density at radius 3 is 2.88 bits per heavy atom. The second-order valence-corrected chi connectivity index (χ2v) is 6.05. The number of aryl methyl sites for hydroxylation is 1. The largest absolute Gasteiger partial charge is 0.469 e. The van der Waals surface area contributed by atoms with Crippen LogP contribution in [-0.2, 0) is 26.0 Å². The van der Waals surface area contributed by atoms with Crippen LogP contribution < -0.4 is 4.72 Å². The van der Waals surface area contributed by atoms with Gasteiger partial charge in [0.2, 0.25) is 10.0 Å². The second-order valence-electron chi connectivity index (χ2n) is 3.45. The van der Waals surface area contributed by atoms with Gasteiger partial charge in [-0.25, -0.2) is 13.4 Å². The summed E-state index contributed by atoms with van der Waals surface area (Å²) in [5, 5.41) is 2.12. The number of aromatic nitrogens is 1. The lowest BCUT2D eigenvalue weighted by Crippen LogP contribution is -2.09. The number of carbonyl (C=O) groups is 1. The van der Waals surface area contributed by atoms with E-state index < -0.39 is 10.0 Å². The third kappa shape index (κ3) is 5.64. The quantitative estimate of drug-likeness (QED) is 0.785. The molecule has 1 aromatic heterocycles. The van der Waals surface area contributed by atoms with E-state index in [0.717, 1.165) is 11.9 Å². The fourth-order valence-electron chi connectivity index (χ4n) is 1.14. The van der Waals surface area contributed by atoms with Gasteiger partial charge in [-0.15, -0.1) is 11.3 Å². The molecular formula is C9H14N2O4S2. The average molecular weight is 278 g/mol. The minimum atomic E-state index is -3.28. The number of rotatable bonds is 6. The number of anilines is 1. The summed E-state index contributed by atoms with van der Waals surface area (Å²) in [6.07, 6.45) is 2.67. The third-order valence-electron chi connectivity index (χ3n) is 1.87. The minimum Gasteiger partial charge on any atom is -0.469 e. The van der Waals surface area contributed by atoms with E-state index in [9.17, 15) is 13.2 Å². The highest BCUT2D eigenvalue weighted by molar-refractivity contribution is 7.92. The molecule has 0 aliphatic rings. The predicted molar refractivity (Wildman–Crippen MR) is 65.5 cm³/mol. The first kappa shape index (κ1) is 13.9. The molecule has 0 spiro atoms. The van der Waals surface area contributed by atoms with Crippen molar-refractivity contribution in [3.63, 3.8) is 0 Å². The summed E-state index contributed by atoms with van der Waals surface area (Å²) < 4.78 is 28.7. The van der Waals surface area contributed by atoms with E-state index >= 15 is 0 Å². The van der Waals surface area contributed by atoms with Crippen molar-refractivity contribution < 1.29 is 17.9 Å². The maximum absolute atomic E-state index is 10.9. The molecule has 0 atom stereocenters. The van der Waals surface area contributed by atoms with Gasteiger partial charge in [0.15, 0.2) is 5.13 Å². The number of carbonyl (C=O) groups excluding carboxylic acids is 1. The minimum absolute atomic E-state index is 0.255. The standard InChI is InChI=1S/C9H14N2O4S2/c1-15-8(12)5-3-4-7-6-16-9(10-7)11-17(2,13)14/h6H,3-5H2,1-2H3,(H,10,11). The van der Waals surface area contributed by atoms with Gasteiger partial charge in [-0.2, -0.15) is 0 Å². The number of ether oxygens (including phenoxy) is 1. The van der Waals surface area contributed by atoms with E-state index in [2.05, 4.69) is 14.4 Å². The summed E-state index contributed by atoms with van der Waals surface area (Å²) in [5.74, 6) is -0.255. The molecule has 0 aromatic carbocycles. The highest BCUT2D eigenvalue weighted by Crippen LogP contribution is 2.17. The van der Waals surface area contributed by atoms with Crippen LogP contribution in [0.2, 0.25) is 0 Å². The zero-order valence-electron chi connectivity index (χ0n) is 9.60. The van der Waals surface area contributed by atoms with Gasteiger partial charge in [-0.3, -0.25) is 9.52 Å². The number of hydrogen-bond donors (Lipinski definition) is 1. The number of hydrogen-bond acceptors (Lipinski definition) is 6. The average Bonchev–Trinajstić information content (AvgIpc) is 2.62. The molecule has 17 heavy (non-hydrogen) atoms. The maximum Gasteiger partial charge on any atom is 0.305 e. The number of nitrogens with zero attached hydrogens (tertiary/aromatic N) is 1. The first-order valence-electron chi connectivity index (χ1n) is 4.90. The Hall–Kier alpha value is -1.15. The van der Waals surface area contributed by atoms with E-state index in [-0.39, 0.29) is 5.97 Å². The van der Waals surface area contributed by atoms with Crippen molar-refractivity contribution >= 4 is 32.5 Å². The van der Waals surface area contributed by atoms with Crippen molar-refractivity contribution in [2.75, 3.05) is 18.1 Å². The van der Waals surface area contributed by atoms with Crippen molar-refractivity contribution in [1.29, 1.82) is 0 Å². The molecule has 1 N–H and O–H groups in total. The Kier molecular flexibility index (Phi) is 4.88. The maximum atomic E-state index is 10.9. The Balaban J connectivity index is 2.44.